The minimum Gasteiger partial charge on any atom is -0.296 e. The number of anilines is 1. The zero-order valence-electron chi connectivity index (χ0n) is 15.9. The van der Waals surface area contributed by atoms with E-state index < -0.39 is 5.54 Å². The van der Waals surface area contributed by atoms with Crippen LogP contribution in [0.15, 0.2) is 42.5 Å². The molecule has 29 heavy (non-hydrogen) atoms. The van der Waals surface area contributed by atoms with E-state index in [1.165, 1.54) is 11.3 Å². The highest BCUT2D eigenvalue weighted by molar-refractivity contribution is 7.80. The summed E-state index contributed by atoms with van der Waals surface area (Å²) in [6, 6.07) is 14.1. The lowest BCUT2D eigenvalue weighted by Crippen LogP contribution is -2.47. The number of carbonyl (C=O) groups is 1. The molecule has 0 saturated heterocycles. The molecule has 2 aromatic carbocycles. The van der Waals surface area contributed by atoms with Crippen LogP contribution in [0.1, 0.15) is 34.0 Å². The van der Waals surface area contributed by atoms with Gasteiger partial charge in [-0.3, -0.25) is 9.69 Å². The third-order valence-electron chi connectivity index (χ3n) is 5.34. The smallest absolute Gasteiger partial charge is 0.270 e. The molecule has 0 fully saturated rings. The Balaban J connectivity index is 1.77. The second-order valence-electron chi connectivity index (χ2n) is 7.62. The highest BCUT2D eigenvalue weighted by Crippen LogP contribution is 2.53. The summed E-state index contributed by atoms with van der Waals surface area (Å²) in [4.78, 5) is 17.5. The molecule has 0 atom stereocenters. The van der Waals surface area contributed by atoms with Crippen LogP contribution in [0.25, 0.3) is 21.2 Å². The Kier molecular flexibility index (Phi) is 4.50. The van der Waals surface area contributed by atoms with E-state index in [-0.39, 0.29) is 5.91 Å². The Morgan fingerprint density at radius 1 is 1.14 bits per heavy atom. The van der Waals surface area contributed by atoms with Crippen LogP contribution in [0.2, 0.25) is 5.02 Å². The maximum atomic E-state index is 13.9. The molecule has 7 heteroatoms. The SMILES string of the molecule is Cc1ccc2c(c1)-c1c(ssc1=S)C(C)(C)N2C(=O)c1sc2ccccc2c1Cl. The number of benzene rings is 2. The normalized spacial score (nSPS) is 14.7. The second kappa shape index (κ2) is 6.72. The van der Waals surface area contributed by atoms with Gasteiger partial charge in [0.15, 0.2) is 0 Å². The number of hydrogen-bond acceptors (Lipinski definition) is 5. The first kappa shape index (κ1) is 19.4. The summed E-state index contributed by atoms with van der Waals surface area (Å²) >= 11 is 13.8. The van der Waals surface area contributed by atoms with Crippen LogP contribution >= 0.6 is 55.8 Å². The number of amides is 1. The standard InChI is InChI=1S/C22H16ClNOS4/c1-11-8-9-14-13(10-11)16-19(28-29-21(16)26)22(2,3)24(14)20(25)18-17(23)12-6-4-5-7-15(12)27-18/h4-10H,1-3H3. The molecule has 0 bridgehead atoms. The van der Waals surface area contributed by atoms with E-state index in [2.05, 4.69) is 26.8 Å². The number of rotatable bonds is 1. The Bertz CT molecular complexity index is 1360. The van der Waals surface area contributed by atoms with E-state index in [0.29, 0.717) is 9.90 Å². The summed E-state index contributed by atoms with van der Waals surface area (Å²) in [5.41, 5.74) is 3.65. The van der Waals surface area contributed by atoms with E-state index in [1.54, 1.807) is 20.7 Å². The minimum absolute atomic E-state index is 0.0683. The highest BCUT2D eigenvalue weighted by atomic mass is 35.5. The van der Waals surface area contributed by atoms with Crippen molar-refractivity contribution in [1.29, 1.82) is 0 Å². The summed E-state index contributed by atoms with van der Waals surface area (Å²) in [5, 5.41) is 1.46. The molecular weight excluding hydrogens is 458 g/mol. The molecule has 0 unspecified atom stereocenters. The van der Waals surface area contributed by atoms with Gasteiger partial charge in [-0.25, -0.2) is 0 Å². The van der Waals surface area contributed by atoms with E-state index in [4.69, 9.17) is 23.8 Å². The number of nitrogens with zero attached hydrogens (tertiary/aromatic N) is 1. The lowest BCUT2D eigenvalue weighted by molar-refractivity contribution is 0.0966. The van der Waals surface area contributed by atoms with E-state index >= 15 is 0 Å². The van der Waals surface area contributed by atoms with Crippen LogP contribution in [0.5, 0.6) is 0 Å². The maximum Gasteiger partial charge on any atom is 0.270 e. The zero-order chi connectivity index (χ0) is 20.5. The first-order valence-corrected chi connectivity index (χ1v) is 12.8. The average Bonchev–Trinajstić information content (AvgIpc) is 3.24. The fraction of sp³-hybridized carbons (Fsp3) is 0.182. The molecule has 0 spiro atoms. The number of fused-ring (bicyclic) bond motifs is 4. The van der Waals surface area contributed by atoms with Gasteiger partial charge < -0.3 is 0 Å². The Morgan fingerprint density at radius 3 is 2.66 bits per heavy atom. The van der Waals surface area contributed by atoms with E-state index in [1.807, 2.05) is 41.3 Å². The fourth-order valence-electron chi connectivity index (χ4n) is 3.96. The Morgan fingerprint density at radius 2 is 1.90 bits per heavy atom. The van der Waals surface area contributed by atoms with Gasteiger partial charge in [0.25, 0.3) is 5.91 Å². The molecule has 0 radical (unpaired) electrons. The molecule has 1 amide bonds. The number of carbonyl (C=O) groups excluding carboxylic acids is 1. The summed E-state index contributed by atoms with van der Waals surface area (Å²) < 4.78 is 1.91. The Labute approximate surface area is 190 Å². The molecule has 1 aliphatic rings. The van der Waals surface area contributed by atoms with Crippen molar-refractivity contribution in [2.75, 3.05) is 4.90 Å². The van der Waals surface area contributed by atoms with Crippen molar-refractivity contribution in [2.24, 2.45) is 0 Å². The number of aryl methyl sites for hydroxylation is 1. The van der Waals surface area contributed by atoms with Gasteiger partial charge in [-0.15, -0.1) is 11.3 Å². The predicted molar refractivity (Wildman–Crippen MR) is 130 cm³/mol. The molecule has 146 valence electrons. The summed E-state index contributed by atoms with van der Waals surface area (Å²) in [7, 11) is 3.27. The van der Waals surface area contributed by atoms with Gasteiger partial charge in [0.1, 0.15) is 8.70 Å². The molecule has 2 aromatic heterocycles. The largest absolute Gasteiger partial charge is 0.296 e. The van der Waals surface area contributed by atoms with Gasteiger partial charge in [-0.05, 0) is 39.0 Å². The van der Waals surface area contributed by atoms with Crippen LogP contribution in [0.3, 0.4) is 0 Å². The monoisotopic (exact) mass is 473 g/mol. The third-order valence-corrected chi connectivity index (χ3v) is 10.3. The maximum absolute atomic E-state index is 13.9. The molecule has 3 heterocycles. The summed E-state index contributed by atoms with van der Waals surface area (Å²) in [5.74, 6) is -0.0683. The molecule has 1 aliphatic heterocycles. The molecule has 0 aliphatic carbocycles. The molecular formula is C22H16ClNOS4. The lowest BCUT2D eigenvalue weighted by atomic mass is 9.86. The minimum atomic E-state index is -0.521. The van der Waals surface area contributed by atoms with Crippen molar-refractivity contribution in [2.45, 2.75) is 26.3 Å². The molecule has 0 saturated carbocycles. The average molecular weight is 474 g/mol. The first-order valence-electron chi connectivity index (χ1n) is 9.07. The predicted octanol–water partition coefficient (Wildman–Crippen LogP) is 8.28. The van der Waals surface area contributed by atoms with Crippen molar-refractivity contribution < 1.29 is 4.79 Å². The van der Waals surface area contributed by atoms with Gasteiger partial charge in [0, 0.05) is 21.2 Å². The van der Waals surface area contributed by atoms with Gasteiger partial charge in [0.2, 0.25) is 0 Å². The van der Waals surface area contributed by atoms with Gasteiger partial charge >= 0.3 is 0 Å². The lowest BCUT2D eigenvalue weighted by Gasteiger charge is -2.42. The van der Waals surface area contributed by atoms with E-state index in [9.17, 15) is 4.79 Å². The van der Waals surface area contributed by atoms with Crippen LogP contribution < -0.4 is 4.90 Å². The van der Waals surface area contributed by atoms with Crippen LogP contribution in [-0.4, -0.2) is 5.91 Å². The van der Waals surface area contributed by atoms with Crippen LogP contribution in [0, 0.1) is 10.7 Å². The van der Waals surface area contributed by atoms with Crippen molar-refractivity contribution in [3.05, 3.63) is 66.6 Å². The fourth-order valence-corrected chi connectivity index (χ4v) is 8.68. The second-order valence-corrected chi connectivity index (χ2v) is 11.9. The number of halogens is 1. The van der Waals surface area contributed by atoms with Gasteiger partial charge in [-0.1, -0.05) is 74.3 Å². The summed E-state index contributed by atoms with van der Waals surface area (Å²) in [6.45, 7) is 6.24. The van der Waals surface area contributed by atoms with Crippen molar-refractivity contribution in [1.82, 2.24) is 0 Å². The molecule has 2 nitrogen and oxygen atoms in total. The summed E-state index contributed by atoms with van der Waals surface area (Å²) in [6.07, 6.45) is 0. The van der Waals surface area contributed by atoms with Crippen molar-refractivity contribution >= 4 is 77.5 Å². The molecule has 0 N–H and O–H groups in total. The quantitative estimate of drug-likeness (QED) is 0.205. The first-order chi connectivity index (χ1) is 13.8. The van der Waals surface area contributed by atoms with Crippen LogP contribution in [-0.2, 0) is 5.54 Å². The van der Waals surface area contributed by atoms with Gasteiger partial charge in [0.05, 0.1) is 21.1 Å². The van der Waals surface area contributed by atoms with Crippen molar-refractivity contribution in [3.8, 4) is 11.1 Å². The zero-order valence-corrected chi connectivity index (χ0v) is 19.9. The topological polar surface area (TPSA) is 20.3 Å². The molecule has 5 rings (SSSR count). The van der Waals surface area contributed by atoms with Crippen LogP contribution in [0.4, 0.5) is 5.69 Å². The molecule has 4 aromatic rings. The van der Waals surface area contributed by atoms with E-state index in [0.717, 1.165) is 41.2 Å². The van der Waals surface area contributed by atoms with Crippen molar-refractivity contribution in [3.63, 3.8) is 0 Å². The van der Waals surface area contributed by atoms with Gasteiger partial charge in [-0.2, -0.15) is 0 Å². The third kappa shape index (κ3) is 2.77. The number of thiophene rings is 1. The number of hydrogen-bond donors (Lipinski definition) is 0. The Hall–Kier alpha value is -1.57. The highest BCUT2D eigenvalue weighted by Gasteiger charge is 2.44.